The second-order valence-corrected chi connectivity index (χ2v) is 13.4. The van der Waals surface area contributed by atoms with Crippen molar-refractivity contribution in [1.29, 1.82) is 5.41 Å². The van der Waals surface area contributed by atoms with Gasteiger partial charge in [0, 0.05) is 54.2 Å². The SMILES string of the molecule is CC(=N)[C@H]1CC/C=C(N2CCOC2)\N=C2/C1CCN2c1cccc(CCC(C)CCCCN(CI)[S+](C)[O-])c1. The highest BCUT2D eigenvalue weighted by Gasteiger charge is 2.38. The normalized spacial score (nSPS) is 25.9. The van der Waals surface area contributed by atoms with Crippen LogP contribution in [0.4, 0.5) is 5.69 Å². The summed E-state index contributed by atoms with van der Waals surface area (Å²) in [4.78, 5) is 9.94. The number of rotatable bonds is 13. The average Bonchev–Trinajstić information content (AvgIpc) is 3.58. The van der Waals surface area contributed by atoms with E-state index in [1.54, 1.807) is 6.26 Å². The number of halogens is 1. The van der Waals surface area contributed by atoms with E-state index in [1.165, 1.54) is 30.5 Å². The molecule has 1 aromatic rings. The Morgan fingerprint density at radius 3 is 2.85 bits per heavy atom. The maximum atomic E-state index is 11.7. The summed E-state index contributed by atoms with van der Waals surface area (Å²) in [5, 5.41) is 8.49. The monoisotopic (exact) mass is 667 g/mol. The predicted octanol–water partition coefficient (Wildman–Crippen LogP) is 6.22. The number of hydrogen-bond acceptors (Lipinski definition) is 7. The van der Waals surface area contributed by atoms with Crippen LogP contribution in [-0.2, 0) is 22.5 Å². The van der Waals surface area contributed by atoms with E-state index in [2.05, 4.69) is 69.7 Å². The summed E-state index contributed by atoms with van der Waals surface area (Å²) in [7, 11) is 0. The Kier molecular flexibility index (Phi) is 12.0. The number of hydrogen-bond donors (Lipinski definition) is 1. The molecule has 39 heavy (non-hydrogen) atoms. The van der Waals surface area contributed by atoms with Gasteiger partial charge >= 0.3 is 0 Å². The first kappa shape index (κ1) is 30.8. The molecule has 9 heteroatoms. The molecule has 3 aliphatic rings. The van der Waals surface area contributed by atoms with Crippen LogP contribution in [0, 0.1) is 23.2 Å². The minimum absolute atomic E-state index is 0.256. The number of benzene rings is 1. The Balaban J connectivity index is 1.40. The van der Waals surface area contributed by atoms with Gasteiger partial charge in [-0.05, 0) is 75.1 Å². The molecule has 0 aliphatic carbocycles. The van der Waals surface area contributed by atoms with E-state index in [1.807, 2.05) is 11.2 Å². The fourth-order valence-corrected chi connectivity index (χ4v) is 8.08. The number of amidine groups is 1. The second kappa shape index (κ2) is 15.2. The number of unbranched alkanes of at least 4 members (excludes halogenated alkanes) is 1. The number of ether oxygens (including phenoxy) is 1. The lowest BCUT2D eigenvalue weighted by Crippen LogP contribution is -2.34. The van der Waals surface area contributed by atoms with Crippen molar-refractivity contribution in [3.05, 3.63) is 41.7 Å². The lowest BCUT2D eigenvalue weighted by atomic mass is 9.83. The molecule has 1 aromatic carbocycles. The fraction of sp³-hybridized carbons (Fsp3) is 0.667. The molecule has 0 spiro atoms. The first-order chi connectivity index (χ1) is 18.9. The zero-order chi connectivity index (χ0) is 27.8. The lowest BCUT2D eigenvalue weighted by molar-refractivity contribution is 0.156. The molecule has 3 aliphatic heterocycles. The van der Waals surface area contributed by atoms with Gasteiger partial charge in [0.15, 0.2) is 0 Å². The molecular formula is C30H46IN5O2S. The van der Waals surface area contributed by atoms with Gasteiger partial charge in [-0.15, -0.1) is 4.31 Å². The van der Waals surface area contributed by atoms with Crippen LogP contribution in [0.2, 0.25) is 0 Å². The number of fused-ring (bicyclic) bond motifs is 1. The van der Waals surface area contributed by atoms with Crippen LogP contribution in [0.5, 0.6) is 0 Å². The minimum Gasteiger partial charge on any atom is -0.598 e. The summed E-state index contributed by atoms with van der Waals surface area (Å²) in [6.07, 6.45) is 12.8. The van der Waals surface area contributed by atoms with Gasteiger partial charge in [0.05, 0.1) is 11.2 Å². The third kappa shape index (κ3) is 8.44. The molecule has 1 N–H and O–H groups in total. The molecule has 2 fully saturated rings. The summed E-state index contributed by atoms with van der Waals surface area (Å²) < 4.78 is 20.2. The first-order valence-electron chi connectivity index (χ1n) is 14.5. The molecule has 0 bridgehead atoms. The Hall–Kier alpha value is -1.14. The largest absolute Gasteiger partial charge is 0.598 e. The number of nitrogens with one attached hydrogen (secondary N) is 1. The highest BCUT2D eigenvalue weighted by atomic mass is 127. The van der Waals surface area contributed by atoms with Gasteiger partial charge in [-0.25, -0.2) is 4.99 Å². The maximum Gasteiger partial charge on any atom is 0.128 e. The van der Waals surface area contributed by atoms with Crippen molar-refractivity contribution < 1.29 is 9.29 Å². The highest BCUT2D eigenvalue weighted by Crippen LogP contribution is 2.36. The molecule has 2 saturated heterocycles. The minimum atomic E-state index is -0.869. The topological polar surface area (TPSA) is 78.2 Å². The summed E-state index contributed by atoms with van der Waals surface area (Å²) in [6, 6.07) is 9.04. The smallest absolute Gasteiger partial charge is 0.128 e. The van der Waals surface area contributed by atoms with Crippen LogP contribution in [-0.4, -0.2) is 69.1 Å². The Morgan fingerprint density at radius 1 is 1.28 bits per heavy atom. The van der Waals surface area contributed by atoms with Crippen molar-refractivity contribution in [3.63, 3.8) is 0 Å². The van der Waals surface area contributed by atoms with Gasteiger partial charge in [0.25, 0.3) is 0 Å². The molecule has 0 aromatic heterocycles. The predicted molar refractivity (Wildman–Crippen MR) is 172 cm³/mol. The number of aryl methyl sites for hydroxylation is 1. The van der Waals surface area contributed by atoms with Crippen LogP contribution in [0.25, 0.3) is 0 Å². The zero-order valence-electron chi connectivity index (χ0n) is 23.9. The standard InChI is InChI=1S/C30H46IN5O2S/c1-23(8-4-5-16-35(21-31)39(3)37)13-14-25-9-6-10-26(20-25)36-17-15-28-27(24(2)32)11-7-12-29(33-30(28)36)34-18-19-38-22-34/h6,9-10,12,20,23,27-28,32H,4-5,7-8,11,13-19,21-22H2,1-3H3/b29-12+,32-24?,33-30+/t23?,27-,28?,39?/m1/s1. The highest BCUT2D eigenvalue weighted by molar-refractivity contribution is 14.1. The van der Waals surface area contributed by atoms with Gasteiger partial charge < -0.3 is 24.5 Å². The summed E-state index contributed by atoms with van der Waals surface area (Å²) in [6.45, 7) is 8.47. The van der Waals surface area contributed by atoms with Gasteiger partial charge in [-0.3, -0.25) is 0 Å². The van der Waals surface area contributed by atoms with E-state index in [-0.39, 0.29) is 5.92 Å². The summed E-state index contributed by atoms with van der Waals surface area (Å²) in [5.74, 6) is 3.39. The van der Waals surface area contributed by atoms with E-state index in [9.17, 15) is 4.55 Å². The van der Waals surface area contributed by atoms with Crippen LogP contribution in [0.3, 0.4) is 0 Å². The number of nitrogens with zero attached hydrogens (tertiary/aromatic N) is 4. The molecule has 0 saturated carbocycles. The van der Waals surface area contributed by atoms with Crippen LogP contribution in [0.1, 0.15) is 64.4 Å². The molecule has 3 unspecified atom stereocenters. The molecule has 216 valence electrons. The molecule has 0 amide bonds. The van der Waals surface area contributed by atoms with Crippen molar-refractivity contribution in [1.82, 2.24) is 9.21 Å². The van der Waals surface area contributed by atoms with Gasteiger partial charge in [0.1, 0.15) is 24.6 Å². The molecule has 4 atom stereocenters. The van der Waals surface area contributed by atoms with Crippen LogP contribution in [0.15, 0.2) is 41.2 Å². The Bertz CT molecular complexity index is 1010. The van der Waals surface area contributed by atoms with Crippen molar-refractivity contribution in [2.24, 2.45) is 22.7 Å². The van der Waals surface area contributed by atoms with Crippen LogP contribution < -0.4 is 4.90 Å². The lowest BCUT2D eigenvalue weighted by Gasteiger charge is -2.29. The van der Waals surface area contributed by atoms with Gasteiger partial charge in [-0.1, -0.05) is 54.5 Å². The number of alkyl halides is 1. The number of allylic oxidation sites excluding steroid dienone is 1. The zero-order valence-corrected chi connectivity index (χ0v) is 26.9. The molecule has 7 nitrogen and oxygen atoms in total. The molecule has 4 rings (SSSR count). The number of aliphatic imine (C=N–C) groups is 1. The van der Waals surface area contributed by atoms with E-state index >= 15 is 0 Å². The quantitative estimate of drug-likeness (QED) is 0.0676. The van der Waals surface area contributed by atoms with E-state index < -0.39 is 11.4 Å². The third-order valence-electron chi connectivity index (χ3n) is 8.42. The molecular weight excluding hydrogens is 621 g/mol. The second-order valence-electron chi connectivity index (χ2n) is 11.3. The Labute approximate surface area is 252 Å². The molecule has 0 radical (unpaired) electrons. The summed E-state index contributed by atoms with van der Waals surface area (Å²) >= 11 is 1.43. The average molecular weight is 668 g/mol. The number of anilines is 1. The van der Waals surface area contributed by atoms with Crippen molar-refractivity contribution in [3.8, 4) is 0 Å². The fourth-order valence-electron chi connectivity index (χ4n) is 6.04. The van der Waals surface area contributed by atoms with Crippen molar-refractivity contribution >= 4 is 51.2 Å². The third-order valence-corrected chi connectivity index (χ3v) is 10.7. The van der Waals surface area contributed by atoms with E-state index in [0.717, 1.165) is 80.3 Å². The van der Waals surface area contributed by atoms with Crippen molar-refractivity contribution in [2.45, 2.75) is 65.2 Å². The van der Waals surface area contributed by atoms with E-state index in [4.69, 9.17) is 15.1 Å². The van der Waals surface area contributed by atoms with Gasteiger partial charge in [-0.2, -0.15) is 0 Å². The first-order valence-corrected chi connectivity index (χ1v) is 17.6. The van der Waals surface area contributed by atoms with Gasteiger partial charge in [0.2, 0.25) is 0 Å². The van der Waals surface area contributed by atoms with Crippen LogP contribution >= 0.6 is 22.6 Å². The van der Waals surface area contributed by atoms with E-state index in [0.29, 0.717) is 18.6 Å². The maximum absolute atomic E-state index is 11.7. The van der Waals surface area contributed by atoms with Crippen molar-refractivity contribution in [2.75, 3.05) is 48.7 Å². The molecule has 3 heterocycles. The Morgan fingerprint density at radius 2 is 2.13 bits per heavy atom. The summed E-state index contributed by atoms with van der Waals surface area (Å²) in [5.41, 5.74) is 3.39.